The number of amides is 4. The zero-order valence-corrected chi connectivity index (χ0v) is 20.7. The lowest BCUT2D eigenvalue weighted by atomic mass is 9.90. The quantitative estimate of drug-likeness (QED) is 0.642. The van der Waals surface area contributed by atoms with Crippen molar-refractivity contribution in [2.75, 3.05) is 31.9 Å². The number of nitrogens with one attached hydrogen (secondary N) is 1. The minimum absolute atomic E-state index is 0.00945. The van der Waals surface area contributed by atoms with Crippen LogP contribution >= 0.6 is 11.8 Å². The third-order valence-electron chi connectivity index (χ3n) is 7.61. The standard InChI is InChI=1S/C25H35N5O3S/c1-2-3-12-28-23(32)22-20(11-15-34-22)30-24(28)26-29(25(30)33)17-21(31)27-13-9-19(10-14-27)16-18-7-5-4-6-8-18/h4-8,19-20,22,24,26H,2-3,9-17H2,1H3. The number of likely N-dealkylation sites (tertiary alicyclic amines) is 1. The highest BCUT2D eigenvalue weighted by atomic mass is 32.2. The van der Waals surface area contributed by atoms with Gasteiger partial charge in [-0.05, 0) is 49.3 Å². The second-order valence-corrected chi connectivity index (χ2v) is 11.1. The summed E-state index contributed by atoms with van der Waals surface area (Å²) in [6.45, 7) is 4.19. The van der Waals surface area contributed by atoms with E-state index in [4.69, 9.17) is 0 Å². The molecule has 4 heterocycles. The summed E-state index contributed by atoms with van der Waals surface area (Å²) in [5.74, 6) is 1.57. The summed E-state index contributed by atoms with van der Waals surface area (Å²) in [5, 5.41) is 1.26. The average Bonchev–Trinajstić information content (AvgIpc) is 3.45. The Morgan fingerprint density at radius 3 is 2.62 bits per heavy atom. The number of carbonyl (C=O) groups is 3. The van der Waals surface area contributed by atoms with Crippen LogP contribution in [0.4, 0.5) is 4.79 Å². The number of unbranched alkanes of at least 4 members (excludes halogenated alkanes) is 1. The number of thioether (sulfide) groups is 1. The Labute approximate surface area is 206 Å². The molecule has 4 fully saturated rings. The Hall–Kier alpha value is -2.26. The van der Waals surface area contributed by atoms with Crippen LogP contribution in [0.5, 0.6) is 0 Å². The van der Waals surface area contributed by atoms with Crippen LogP contribution in [0.25, 0.3) is 0 Å². The first-order valence-electron chi connectivity index (χ1n) is 12.7. The highest BCUT2D eigenvalue weighted by molar-refractivity contribution is 8.00. The minimum Gasteiger partial charge on any atom is -0.341 e. The highest BCUT2D eigenvalue weighted by Gasteiger charge is 2.55. The van der Waals surface area contributed by atoms with E-state index in [9.17, 15) is 14.4 Å². The summed E-state index contributed by atoms with van der Waals surface area (Å²) in [7, 11) is 0. The molecule has 1 aromatic carbocycles. The molecule has 9 heteroatoms. The summed E-state index contributed by atoms with van der Waals surface area (Å²) in [6, 6.07) is 10.3. The van der Waals surface area contributed by atoms with Crippen LogP contribution in [-0.4, -0.2) is 87.1 Å². The third-order valence-corrected chi connectivity index (χ3v) is 8.95. The van der Waals surface area contributed by atoms with Gasteiger partial charge in [-0.1, -0.05) is 43.7 Å². The smallest absolute Gasteiger partial charge is 0.337 e. The molecule has 34 heavy (non-hydrogen) atoms. The van der Waals surface area contributed by atoms with Gasteiger partial charge in [-0.3, -0.25) is 14.5 Å². The van der Waals surface area contributed by atoms with Gasteiger partial charge in [-0.25, -0.2) is 9.80 Å². The maximum atomic E-state index is 13.4. The van der Waals surface area contributed by atoms with Crippen molar-refractivity contribution in [1.29, 1.82) is 0 Å². The Balaban J connectivity index is 1.19. The average molecular weight is 486 g/mol. The molecule has 1 N–H and O–H groups in total. The zero-order chi connectivity index (χ0) is 23.7. The maximum Gasteiger partial charge on any atom is 0.337 e. The van der Waals surface area contributed by atoms with Gasteiger partial charge in [0.1, 0.15) is 11.8 Å². The van der Waals surface area contributed by atoms with E-state index < -0.39 is 6.29 Å². The fraction of sp³-hybridized carbons (Fsp3) is 0.640. The zero-order valence-electron chi connectivity index (χ0n) is 19.9. The monoisotopic (exact) mass is 485 g/mol. The second kappa shape index (κ2) is 10.2. The van der Waals surface area contributed by atoms with Crippen molar-refractivity contribution in [3.63, 3.8) is 0 Å². The summed E-state index contributed by atoms with van der Waals surface area (Å²) >= 11 is 1.65. The van der Waals surface area contributed by atoms with Crippen LogP contribution in [0.15, 0.2) is 30.3 Å². The van der Waals surface area contributed by atoms with Crippen LogP contribution in [-0.2, 0) is 16.0 Å². The number of nitrogens with zero attached hydrogens (tertiary/aromatic N) is 4. The normalized spacial score (nSPS) is 27.4. The largest absolute Gasteiger partial charge is 0.341 e. The van der Waals surface area contributed by atoms with E-state index in [0.717, 1.165) is 57.4 Å². The molecule has 5 rings (SSSR count). The lowest BCUT2D eigenvalue weighted by Crippen LogP contribution is -2.66. The lowest BCUT2D eigenvalue weighted by Gasteiger charge is -2.44. The predicted octanol–water partition coefficient (Wildman–Crippen LogP) is 2.51. The Bertz CT molecular complexity index is 907. The molecular weight excluding hydrogens is 450 g/mol. The molecule has 0 bridgehead atoms. The molecule has 0 aliphatic carbocycles. The molecule has 0 saturated carbocycles. The number of hydrogen-bond acceptors (Lipinski definition) is 5. The van der Waals surface area contributed by atoms with E-state index in [1.54, 1.807) is 16.7 Å². The number of hydrogen-bond donors (Lipinski definition) is 1. The third kappa shape index (κ3) is 4.52. The Morgan fingerprint density at radius 2 is 1.88 bits per heavy atom. The first-order chi connectivity index (χ1) is 16.6. The molecule has 1 aromatic rings. The lowest BCUT2D eigenvalue weighted by molar-refractivity contribution is -0.144. The minimum atomic E-state index is -0.476. The fourth-order valence-corrected chi connectivity index (χ4v) is 7.07. The molecule has 0 aromatic heterocycles. The van der Waals surface area contributed by atoms with Gasteiger partial charge in [0.05, 0.1) is 6.04 Å². The molecule has 3 atom stereocenters. The maximum absolute atomic E-state index is 13.4. The van der Waals surface area contributed by atoms with E-state index in [1.807, 2.05) is 15.9 Å². The number of urea groups is 1. The van der Waals surface area contributed by atoms with Gasteiger partial charge >= 0.3 is 6.03 Å². The van der Waals surface area contributed by atoms with Gasteiger partial charge in [0, 0.05) is 19.6 Å². The molecule has 184 valence electrons. The first kappa shape index (κ1) is 23.5. The number of hydrazine groups is 1. The van der Waals surface area contributed by atoms with Crippen molar-refractivity contribution in [1.82, 2.24) is 25.1 Å². The van der Waals surface area contributed by atoms with Crippen LogP contribution < -0.4 is 5.43 Å². The predicted molar refractivity (Wildman–Crippen MR) is 132 cm³/mol. The second-order valence-electron chi connectivity index (χ2n) is 9.83. The van der Waals surface area contributed by atoms with E-state index >= 15 is 0 Å². The number of carbonyl (C=O) groups excluding carboxylic acids is 3. The molecule has 4 aliphatic rings. The van der Waals surface area contributed by atoms with Gasteiger partial charge < -0.3 is 9.80 Å². The van der Waals surface area contributed by atoms with E-state index in [0.29, 0.717) is 12.5 Å². The molecule has 8 nitrogen and oxygen atoms in total. The highest BCUT2D eigenvalue weighted by Crippen LogP contribution is 2.39. The first-order valence-corrected chi connectivity index (χ1v) is 13.7. The van der Waals surface area contributed by atoms with Crippen molar-refractivity contribution in [3.8, 4) is 0 Å². The van der Waals surface area contributed by atoms with Gasteiger partial charge in [0.2, 0.25) is 11.8 Å². The Morgan fingerprint density at radius 1 is 1.12 bits per heavy atom. The van der Waals surface area contributed by atoms with Gasteiger partial charge in [-0.2, -0.15) is 5.43 Å². The summed E-state index contributed by atoms with van der Waals surface area (Å²) < 4.78 is 0. The van der Waals surface area contributed by atoms with Crippen LogP contribution in [0.2, 0.25) is 0 Å². The van der Waals surface area contributed by atoms with Gasteiger partial charge in [-0.15, -0.1) is 11.8 Å². The number of rotatable bonds is 7. The van der Waals surface area contributed by atoms with E-state index in [-0.39, 0.29) is 35.7 Å². The number of fused-ring (bicyclic) bond motifs is 3. The van der Waals surface area contributed by atoms with Crippen molar-refractivity contribution in [2.24, 2.45) is 5.92 Å². The number of benzene rings is 1. The molecule has 4 amide bonds. The van der Waals surface area contributed by atoms with Crippen LogP contribution in [0.3, 0.4) is 0 Å². The molecule has 0 spiro atoms. The molecular formula is C25H35N5O3S. The van der Waals surface area contributed by atoms with Crippen molar-refractivity contribution in [3.05, 3.63) is 35.9 Å². The number of piperidine rings is 1. The Kier molecular flexibility index (Phi) is 7.01. The molecule has 4 saturated heterocycles. The fourth-order valence-electron chi connectivity index (χ4n) is 5.67. The van der Waals surface area contributed by atoms with Gasteiger partial charge in [0.25, 0.3) is 0 Å². The topological polar surface area (TPSA) is 76.2 Å². The van der Waals surface area contributed by atoms with Gasteiger partial charge in [0.15, 0.2) is 6.29 Å². The van der Waals surface area contributed by atoms with Crippen molar-refractivity contribution < 1.29 is 14.4 Å². The van der Waals surface area contributed by atoms with E-state index in [1.165, 1.54) is 10.6 Å². The van der Waals surface area contributed by atoms with Crippen molar-refractivity contribution >= 4 is 29.6 Å². The van der Waals surface area contributed by atoms with Crippen molar-refractivity contribution in [2.45, 2.75) is 63.0 Å². The molecule has 4 aliphatic heterocycles. The molecule has 0 radical (unpaired) electrons. The molecule has 3 unspecified atom stereocenters. The van der Waals surface area contributed by atoms with Crippen LogP contribution in [0, 0.1) is 5.92 Å². The van der Waals surface area contributed by atoms with Crippen LogP contribution in [0.1, 0.15) is 44.6 Å². The SMILES string of the molecule is CCCCN1C(=O)C2SCCC2N2C(=O)N(CC(=O)N3CCC(Cc4ccccc4)CC3)NC12. The summed E-state index contributed by atoms with van der Waals surface area (Å²) in [6.07, 6.45) is 5.24. The summed E-state index contributed by atoms with van der Waals surface area (Å²) in [4.78, 5) is 45.1. The van der Waals surface area contributed by atoms with E-state index in [2.05, 4.69) is 36.6 Å². The summed E-state index contributed by atoms with van der Waals surface area (Å²) in [5.41, 5.74) is 4.56.